The van der Waals surface area contributed by atoms with Crippen LogP contribution in [-0.4, -0.2) is 9.97 Å². The normalized spacial score (nSPS) is 11.4. The Hall–Kier alpha value is -1.58. The van der Waals surface area contributed by atoms with Crippen molar-refractivity contribution in [3.05, 3.63) is 34.0 Å². The third-order valence-corrected chi connectivity index (χ3v) is 2.27. The molecule has 1 heterocycles. The zero-order valence-electron chi connectivity index (χ0n) is 8.02. The maximum absolute atomic E-state index is 13.4. The average molecular weight is 194 g/mol. The number of hydrogen-bond donors (Lipinski definition) is 2. The third-order valence-electron chi connectivity index (χ3n) is 2.27. The minimum absolute atomic E-state index is 0.243. The smallest absolute Gasteiger partial charge is 0.306 e. The molecule has 0 unspecified atom stereocenters. The maximum atomic E-state index is 13.4. The van der Waals surface area contributed by atoms with Crippen LogP contribution in [0.3, 0.4) is 0 Å². The number of rotatable bonds is 1. The van der Waals surface area contributed by atoms with Gasteiger partial charge in [-0.2, -0.15) is 0 Å². The molecule has 0 amide bonds. The second-order valence-corrected chi connectivity index (χ2v) is 3.66. The molecule has 0 saturated heterocycles. The van der Waals surface area contributed by atoms with E-state index in [1.165, 1.54) is 6.07 Å². The molecule has 2 aromatic rings. The van der Waals surface area contributed by atoms with Gasteiger partial charge in [0.05, 0.1) is 5.52 Å². The molecule has 0 spiro atoms. The zero-order chi connectivity index (χ0) is 10.3. The third kappa shape index (κ3) is 1.32. The molecule has 2 rings (SSSR count). The second kappa shape index (κ2) is 2.97. The fourth-order valence-corrected chi connectivity index (χ4v) is 1.45. The van der Waals surface area contributed by atoms with Gasteiger partial charge in [0, 0.05) is 0 Å². The first-order valence-corrected chi connectivity index (χ1v) is 4.49. The van der Waals surface area contributed by atoms with E-state index in [-0.39, 0.29) is 22.9 Å². The Labute approximate surface area is 80.0 Å². The fraction of sp³-hybridized carbons (Fsp3) is 0.300. The number of aromatic amines is 2. The summed E-state index contributed by atoms with van der Waals surface area (Å²) < 4.78 is 13.4. The van der Waals surface area contributed by atoms with Crippen molar-refractivity contribution < 1.29 is 4.39 Å². The van der Waals surface area contributed by atoms with E-state index in [1.807, 2.05) is 13.8 Å². The number of nitrogens with one attached hydrogen (secondary N) is 2. The molecule has 0 bridgehead atoms. The lowest BCUT2D eigenvalue weighted by Crippen LogP contribution is -1.99. The number of benzene rings is 1. The highest BCUT2D eigenvalue weighted by Crippen LogP contribution is 2.20. The van der Waals surface area contributed by atoms with Crippen molar-refractivity contribution in [1.29, 1.82) is 0 Å². The molecule has 3 nitrogen and oxygen atoms in total. The summed E-state index contributed by atoms with van der Waals surface area (Å²) in [7, 11) is 0. The van der Waals surface area contributed by atoms with Crippen molar-refractivity contribution in [2.75, 3.05) is 0 Å². The Balaban J connectivity index is 2.77. The molecule has 1 aromatic carbocycles. The molecule has 2 N–H and O–H groups in total. The van der Waals surface area contributed by atoms with Crippen molar-refractivity contribution in [2.45, 2.75) is 19.8 Å². The van der Waals surface area contributed by atoms with E-state index in [9.17, 15) is 9.18 Å². The van der Waals surface area contributed by atoms with Crippen molar-refractivity contribution in [3.63, 3.8) is 0 Å². The largest absolute Gasteiger partial charge is 0.323 e. The molecular formula is C10H11FN2O. The molecule has 0 atom stereocenters. The Kier molecular flexibility index (Phi) is 1.91. The number of aromatic nitrogens is 2. The molecule has 1 aromatic heterocycles. The Morgan fingerprint density at radius 1 is 1.29 bits per heavy atom. The number of halogens is 1. The van der Waals surface area contributed by atoms with Crippen molar-refractivity contribution in [2.24, 2.45) is 0 Å². The molecule has 0 saturated carbocycles. The first kappa shape index (κ1) is 8.99. The van der Waals surface area contributed by atoms with Crippen molar-refractivity contribution in [1.82, 2.24) is 9.97 Å². The average Bonchev–Trinajstić information content (AvgIpc) is 2.45. The van der Waals surface area contributed by atoms with Crippen molar-refractivity contribution >= 4 is 11.0 Å². The van der Waals surface area contributed by atoms with Crippen LogP contribution in [0.5, 0.6) is 0 Å². The Bertz CT molecular complexity index is 524. The van der Waals surface area contributed by atoms with E-state index in [2.05, 4.69) is 9.97 Å². The van der Waals surface area contributed by atoms with E-state index in [0.29, 0.717) is 5.52 Å². The van der Waals surface area contributed by atoms with Crippen LogP contribution in [0.2, 0.25) is 0 Å². The quantitative estimate of drug-likeness (QED) is 0.717. The van der Waals surface area contributed by atoms with Crippen LogP contribution >= 0.6 is 0 Å². The molecule has 0 aliphatic carbocycles. The molecule has 0 radical (unpaired) electrons. The van der Waals surface area contributed by atoms with E-state index in [1.54, 1.807) is 6.07 Å². The van der Waals surface area contributed by atoms with Gasteiger partial charge in [0.1, 0.15) is 11.3 Å². The Morgan fingerprint density at radius 2 is 2.00 bits per heavy atom. The summed E-state index contributed by atoms with van der Waals surface area (Å²) in [5.41, 5.74) is 1.28. The van der Waals surface area contributed by atoms with Gasteiger partial charge in [-0.15, -0.1) is 0 Å². The minimum atomic E-state index is -0.385. The second-order valence-electron chi connectivity index (χ2n) is 3.66. The molecule has 14 heavy (non-hydrogen) atoms. The topological polar surface area (TPSA) is 48.6 Å². The molecule has 74 valence electrons. The predicted molar refractivity (Wildman–Crippen MR) is 53.0 cm³/mol. The zero-order valence-corrected chi connectivity index (χ0v) is 8.02. The SMILES string of the molecule is CC(C)c1cc(F)c2[nH]c(=O)[nH]c2c1. The fourth-order valence-electron chi connectivity index (χ4n) is 1.45. The van der Waals surface area contributed by atoms with Gasteiger partial charge in [0.15, 0.2) is 0 Å². The van der Waals surface area contributed by atoms with Crippen LogP contribution in [0.15, 0.2) is 16.9 Å². The molecule has 4 heteroatoms. The van der Waals surface area contributed by atoms with Crippen LogP contribution in [0.4, 0.5) is 4.39 Å². The summed E-state index contributed by atoms with van der Waals surface area (Å²) in [4.78, 5) is 15.9. The van der Waals surface area contributed by atoms with Gasteiger partial charge in [-0.05, 0) is 23.6 Å². The van der Waals surface area contributed by atoms with Gasteiger partial charge in [-0.1, -0.05) is 13.8 Å². The van der Waals surface area contributed by atoms with Crippen LogP contribution < -0.4 is 5.69 Å². The molecule has 0 fully saturated rings. The number of H-pyrrole nitrogens is 2. The van der Waals surface area contributed by atoms with Crippen LogP contribution in [-0.2, 0) is 0 Å². The van der Waals surface area contributed by atoms with Gasteiger partial charge >= 0.3 is 5.69 Å². The summed E-state index contributed by atoms with van der Waals surface area (Å²) in [6.07, 6.45) is 0. The van der Waals surface area contributed by atoms with E-state index >= 15 is 0 Å². The van der Waals surface area contributed by atoms with Crippen LogP contribution in [0, 0.1) is 5.82 Å². The monoisotopic (exact) mass is 194 g/mol. The summed E-state index contributed by atoms with van der Waals surface area (Å²) in [5.74, 6) is -0.142. The number of imidazole rings is 1. The standard InChI is InChI=1S/C10H11FN2O/c1-5(2)6-3-7(11)9-8(4-6)12-10(14)13-9/h3-5H,1-2H3,(H2,12,13,14). The maximum Gasteiger partial charge on any atom is 0.323 e. The lowest BCUT2D eigenvalue weighted by Gasteiger charge is -2.04. The summed E-state index contributed by atoms with van der Waals surface area (Å²) >= 11 is 0. The molecule has 0 aliphatic rings. The van der Waals surface area contributed by atoms with Gasteiger partial charge in [-0.25, -0.2) is 9.18 Å². The summed E-state index contributed by atoms with van der Waals surface area (Å²) in [6, 6.07) is 3.25. The first-order valence-electron chi connectivity index (χ1n) is 4.49. The lowest BCUT2D eigenvalue weighted by atomic mass is 10.0. The number of fused-ring (bicyclic) bond motifs is 1. The van der Waals surface area contributed by atoms with E-state index < -0.39 is 0 Å². The lowest BCUT2D eigenvalue weighted by molar-refractivity contribution is 0.633. The molecular weight excluding hydrogens is 183 g/mol. The van der Waals surface area contributed by atoms with E-state index in [4.69, 9.17) is 0 Å². The van der Waals surface area contributed by atoms with Crippen LogP contribution in [0.1, 0.15) is 25.3 Å². The highest BCUT2D eigenvalue weighted by Gasteiger charge is 2.08. The van der Waals surface area contributed by atoms with E-state index in [0.717, 1.165) is 5.56 Å². The highest BCUT2D eigenvalue weighted by molar-refractivity contribution is 5.76. The molecule has 0 aliphatic heterocycles. The van der Waals surface area contributed by atoms with Crippen LogP contribution in [0.25, 0.3) is 11.0 Å². The number of hydrogen-bond acceptors (Lipinski definition) is 1. The summed E-state index contributed by atoms with van der Waals surface area (Å²) in [6.45, 7) is 3.96. The van der Waals surface area contributed by atoms with Crippen molar-refractivity contribution in [3.8, 4) is 0 Å². The first-order chi connectivity index (χ1) is 6.58. The Morgan fingerprint density at radius 3 is 2.64 bits per heavy atom. The van der Waals surface area contributed by atoms with Gasteiger partial charge in [0.2, 0.25) is 0 Å². The highest BCUT2D eigenvalue weighted by atomic mass is 19.1. The van der Waals surface area contributed by atoms with Gasteiger partial charge in [-0.3, -0.25) is 0 Å². The minimum Gasteiger partial charge on any atom is -0.306 e. The van der Waals surface area contributed by atoms with Gasteiger partial charge < -0.3 is 9.97 Å². The van der Waals surface area contributed by atoms with Gasteiger partial charge in [0.25, 0.3) is 0 Å². The predicted octanol–water partition coefficient (Wildman–Crippen LogP) is 2.12. The summed E-state index contributed by atoms with van der Waals surface area (Å²) in [5, 5.41) is 0.